The standard InChI is InChI=1S/C18H17ClIN3O/c1-10(2)16(12-5-3-4-6-14(12)19)21-18(24)11-7-8-15-13(9-11)17(20)23-22-15/h3-10,16H,1-2H3,(H,21,24)(H,22,23). The van der Waals surface area contributed by atoms with Crippen molar-refractivity contribution in [3.05, 3.63) is 62.3 Å². The van der Waals surface area contributed by atoms with E-state index in [-0.39, 0.29) is 17.9 Å². The van der Waals surface area contributed by atoms with Gasteiger partial charge in [0, 0.05) is 16.0 Å². The molecule has 1 unspecified atom stereocenters. The van der Waals surface area contributed by atoms with Gasteiger partial charge >= 0.3 is 0 Å². The Morgan fingerprint density at radius 1 is 1.25 bits per heavy atom. The van der Waals surface area contributed by atoms with Crippen molar-refractivity contribution in [3.8, 4) is 0 Å². The van der Waals surface area contributed by atoms with E-state index in [1.165, 1.54) is 0 Å². The van der Waals surface area contributed by atoms with Crippen LogP contribution < -0.4 is 5.32 Å². The number of carbonyl (C=O) groups excluding carboxylic acids is 1. The third kappa shape index (κ3) is 3.42. The third-order valence-corrected chi connectivity index (χ3v) is 5.14. The molecule has 2 N–H and O–H groups in total. The lowest BCUT2D eigenvalue weighted by Crippen LogP contribution is -2.31. The van der Waals surface area contributed by atoms with E-state index < -0.39 is 0 Å². The largest absolute Gasteiger partial charge is 0.345 e. The Balaban J connectivity index is 1.90. The summed E-state index contributed by atoms with van der Waals surface area (Å²) in [6, 6.07) is 13.0. The van der Waals surface area contributed by atoms with E-state index in [1.807, 2.05) is 36.4 Å². The lowest BCUT2D eigenvalue weighted by Gasteiger charge is -2.24. The highest BCUT2D eigenvalue weighted by molar-refractivity contribution is 14.1. The second-order valence-corrected chi connectivity index (χ2v) is 7.42. The van der Waals surface area contributed by atoms with Crippen molar-refractivity contribution in [1.29, 1.82) is 0 Å². The van der Waals surface area contributed by atoms with Crippen molar-refractivity contribution in [2.24, 2.45) is 5.92 Å². The van der Waals surface area contributed by atoms with Gasteiger partial charge in [-0.1, -0.05) is 43.6 Å². The Labute approximate surface area is 159 Å². The summed E-state index contributed by atoms with van der Waals surface area (Å²) in [6.45, 7) is 4.13. The van der Waals surface area contributed by atoms with Crippen LogP contribution in [0.2, 0.25) is 5.02 Å². The predicted octanol–water partition coefficient (Wildman–Crippen LogP) is 4.95. The second kappa shape index (κ2) is 7.11. The summed E-state index contributed by atoms with van der Waals surface area (Å²) < 4.78 is 0.851. The number of aromatic amines is 1. The number of halogens is 2. The fourth-order valence-corrected chi connectivity index (χ4v) is 3.50. The third-order valence-electron chi connectivity index (χ3n) is 3.97. The molecule has 0 aliphatic heterocycles. The number of benzene rings is 2. The van der Waals surface area contributed by atoms with E-state index in [2.05, 4.69) is 52.0 Å². The van der Waals surface area contributed by atoms with Crippen LogP contribution in [0, 0.1) is 9.62 Å². The van der Waals surface area contributed by atoms with Gasteiger partial charge in [-0.05, 0) is 58.3 Å². The molecule has 0 spiro atoms. The first kappa shape index (κ1) is 17.2. The van der Waals surface area contributed by atoms with Gasteiger partial charge in [-0.15, -0.1) is 0 Å². The van der Waals surface area contributed by atoms with Crippen LogP contribution in [-0.4, -0.2) is 16.1 Å². The molecule has 1 amide bonds. The molecule has 0 saturated heterocycles. The number of nitrogens with zero attached hydrogens (tertiary/aromatic N) is 1. The molecule has 24 heavy (non-hydrogen) atoms. The molecular formula is C18H17ClIN3O. The molecule has 124 valence electrons. The summed E-state index contributed by atoms with van der Waals surface area (Å²) in [5.41, 5.74) is 2.46. The van der Waals surface area contributed by atoms with Gasteiger partial charge in [0.2, 0.25) is 0 Å². The van der Waals surface area contributed by atoms with Gasteiger partial charge < -0.3 is 5.32 Å². The number of aromatic nitrogens is 2. The number of amides is 1. The minimum atomic E-state index is -0.148. The monoisotopic (exact) mass is 453 g/mol. The Hall–Kier alpha value is -1.60. The fourth-order valence-electron chi connectivity index (χ4n) is 2.68. The molecule has 0 fully saturated rings. The molecule has 0 radical (unpaired) electrons. The van der Waals surface area contributed by atoms with Crippen LogP contribution in [0.15, 0.2) is 42.5 Å². The first-order valence-corrected chi connectivity index (χ1v) is 9.12. The van der Waals surface area contributed by atoms with E-state index in [0.717, 1.165) is 20.2 Å². The number of hydrogen-bond acceptors (Lipinski definition) is 2. The van der Waals surface area contributed by atoms with E-state index in [0.29, 0.717) is 10.6 Å². The van der Waals surface area contributed by atoms with E-state index in [1.54, 1.807) is 6.07 Å². The number of nitrogens with one attached hydrogen (secondary N) is 2. The van der Waals surface area contributed by atoms with Crippen LogP contribution in [0.5, 0.6) is 0 Å². The maximum Gasteiger partial charge on any atom is 0.251 e. The van der Waals surface area contributed by atoms with Crippen molar-refractivity contribution >= 4 is 51.0 Å². The van der Waals surface area contributed by atoms with E-state index >= 15 is 0 Å². The maximum absolute atomic E-state index is 12.7. The average Bonchev–Trinajstić information content (AvgIpc) is 2.94. The molecule has 6 heteroatoms. The Morgan fingerprint density at radius 3 is 2.71 bits per heavy atom. The van der Waals surface area contributed by atoms with E-state index in [4.69, 9.17) is 11.6 Å². The molecule has 0 aliphatic carbocycles. The average molecular weight is 454 g/mol. The topological polar surface area (TPSA) is 57.8 Å². The lowest BCUT2D eigenvalue weighted by atomic mass is 9.95. The Morgan fingerprint density at radius 2 is 2.00 bits per heavy atom. The van der Waals surface area contributed by atoms with Gasteiger partial charge in [-0.25, -0.2) is 0 Å². The predicted molar refractivity (Wildman–Crippen MR) is 105 cm³/mol. The minimum Gasteiger partial charge on any atom is -0.345 e. The van der Waals surface area contributed by atoms with Crippen LogP contribution >= 0.6 is 34.2 Å². The lowest BCUT2D eigenvalue weighted by molar-refractivity contribution is 0.0926. The molecule has 0 saturated carbocycles. The molecular weight excluding hydrogens is 437 g/mol. The van der Waals surface area contributed by atoms with E-state index in [9.17, 15) is 4.79 Å². The molecule has 3 aromatic rings. The second-order valence-electron chi connectivity index (χ2n) is 5.99. The maximum atomic E-state index is 12.7. The smallest absolute Gasteiger partial charge is 0.251 e. The van der Waals surface area contributed by atoms with Crippen LogP contribution in [0.4, 0.5) is 0 Å². The number of H-pyrrole nitrogens is 1. The van der Waals surface area contributed by atoms with Gasteiger partial charge in [0.1, 0.15) is 3.70 Å². The number of carbonyl (C=O) groups is 1. The molecule has 1 heterocycles. The summed E-state index contributed by atoms with van der Waals surface area (Å²) in [4.78, 5) is 12.7. The van der Waals surface area contributed by atoms with Crippen LogP contribution in [-0.2, 0) is 0 Å². The number of rotatable bonds is 4. The van der Waals surface area contributed by atoms with Gasteiger partial charge in [0.15, 0.2) is 0 Å². The van der Waals surface area contributed by atoms with Gasteiger partial charge in [0.25, 0.3) is 5.91 Å². The molecule has 3 rings (SSSR count). The number of hydrogen-bond donors (Lipinski definition) is 2. The van der Waals surface area contributed by atoms with Crippen LogP contribution in [0.25, 0.3) is 10.9 Å². The molecule has 1 aromatic heterocycles. The summed E-state index contributed by atoms with van der Waals surface area (Å²) in [7, 11) is 0. The van der Waals surface area contributed by atoms with Crippen LogP contribution in [0.3, 0.4) is 0 Å². The first-order chi connectivity index (χ1) is 11.5. The van der Waals surface area contributed by atoms with Crippen molar-refractivity contribution in [2.75, 3.05) is 0 Å². The normalized spacial score (nSPS) is 12.5. The SMILES string of the molecule is CC(C)C(NC(=O)c1ccc2[nH]nc(I)c2c1)c1ccccc1Cl. The summed E-state index contributed by atoms with van der Waals surface area (Å²) in [5, 5.41) is 11.8. The highest BCUT2D eigenvalue weighted by atomic mass is 127. The molecule has 1 atom stereocenters. The van der Waals surface area contributed by atoms with Gasteiger partial charge in [-0.3, -0.25) is 9.89 Å². The molecule has 2 aromatic carbocycles. The molecule has 0 aliphatic rings. The van der Waals surface area contributed by atoms with Gasteiger partial charge in [0.05, 0.1) is 11.6 Å². The van der Waals surface area contributed by atoms with Crippen molar-refractivity contribution in [2.45, 2.75) is 19.9 Å². The van der Waals surface area contributed by atoms with Crippen molar-refractivity contribution < 1.29 is 4.79 Å². The summed E-state index contributed by atoms with van der Waals surface area (Å²) in [6.07, 6.45) is 0. The van der Waals surface area contributed by atoms with Crippen molar-refractivity contribution in [3.63, 3.8) is 0 Å². The number of fused-ring (bicyclic) bond motifs is 1. The van der Waals surface area contributed by atoms with Crippen molar-refractivity contribution in [1.82, 2.24) is 15.5 Å². The molecule has 4 nitrogen and oxygen atoms in total. The zero-order valence-electron chi connectivity index (χ0n) is 13.3. The zero-order valence-corrected chi connectivity index (χ0v) is 16.2. The quantitative estimate of drug-likeness (QED) is 0.549. The fraction of sp³-hybridized carbons (Fsp3) is 0.222. The summed E-state index contributed by atoms with van der Waals surface area (Å²) >= 11 is 8.46. The minimum absolute atomic E-state index is 0.118. The highest BCUT2D eigenvalue weighted by Crippen LogP contribution is 2.28. The highest BCUT2D eigenvalue weighted by Gasteiger charge is 2.21. The summed E-state index contributed by atoms with van der Waals surface area (Å²) in [5.74, 6) is 0.0964. The van der Waals surface area contributed by atoms with Gasteiger partial charge in [-0.2, -0.15) is 5.10 Å². The first-order valence-electron chi connectivity index (χ1n) is 7.66. The Bertz CT molecular complexity index is 891. The zero-order chi connectivity index (χ0) is 17.3. The van der Waals surface area contributed by atoms with Crippen LogP contribution in [0.1, 0.15) is 35.8 Å². The molecule has 0 bridgehead atoms. The Kier molecular flexibility index (Phi) is 5.10.